The van der Waals surface area contributed by atoms with Gasteiger partial charge in [-0.3, -0.25) is 4.79 Å². The highest BCUT2D eigenvalue weighted by Gasteiger charge is 2.27. The van der Waals surface area contributed by atoms with E-state index in [-0.39, 0.29) is 10.8 Å². The molecule has 3 rings (SSSR count). The second-order valence-corrected chi connectivity index (χ2v) is 8.51. The fourth-order valence-electron chi connectivity index (χ4n) is 3.12. The minimum Gasteiger partial charge on any atom is -0.497 e. The van der Waals surface area contributed by atoms with Crippen LogP contribution in [-0.2, 0) is 14.8 Å². The van der Waals surface area contributed by atoms with Crippen LogP contribution < -0.4 is 14.8 Å². The molecular formula is C21H24N2O5S. The lowest BCUT2D eigenvalue weighted by molar-refractivity contribution is -0.111. The van der Waals surface area contributed by atoms with Gasteiger partial charge in [0.1, 0.15) is 11.5 Å². The first-order chi connectivity index (χ1) is 13.9. The van der Waals surface area contributed by atoms with E-state index in [1.54, 1.807) is 56.7 Å². The van der Waals surface area contributed by atoms with Gasteiger partial charge in [0, 0.05) is 36.5 Å². The normalized spacial score (nSPS) is 14.8. The van der Waals surface area contributed by atoms with Gasteiger partial charge in [-0.1, -0.05) is 6.07 Å². The summed E-state index contributed by atoms with van der Waals surface area (Å²) in [6, 6.07) is 11.6. The Balaban J connectivity index is 1.72. The number of ether oxygens (including phenoxy) is 2. The predicted molar refractivity (Wildman–Crippen MR) is 112 cm³/mol. The summed E-state index contributed by atoms with van der Waals surface area (Å²) in [4.78, 5) is 12.5. The number of sulfonamides is 1. The van der Waals surface area contributed by atoms with Crippen molar-refractivity contribution in [2.75, 3.05) is 32.6 Å². The molecule has 0 radical (unpaired) electrons. The Morgan fingerprint density at radius 3 is 2.52 bits per heavy atom. The zero-order valence-corrected chi connectivity index (χ0v) is 17.2. The molecule has 7 nitrogen and oxygen atoms in total. The van der Waals surface area contributed by atoms with Gasteiger partial charge >= 0.3 is 0 Å². The molecule has 0 bridgehead atoms. The lowest BCUT2D eigenvalue weighted by atomic mass is 10.1. The van der Waals surface area contributed by atoms with Crippen LogP contribution in [0.25, 0.3) is 6.08 Å². The first-order valence-electron chi connectivity index (χ1n) is 9.25. The van der Waals surface area contributed by atoms with E-state index >= 15 is 0 Å². The molecule has 0 aromatic heterocycles. The van der Waals surface area contributed by atoms with Crippen LogP contribution in [0.2, 0.25) is 0 Å². The van der Waals surface area contributed by atoms with Gasteiger partial charge in [-0.05, 0) is 49.2 Å². The summed E-state index contributed by atoms with van der Waals surface area (Å²) in [7, 11) is -0.427. The number of carbonyl (C=O) groups is 1. The van der Waals surface area contributed by atoms with Gasteiger partial charge in [0.2, 0.25) is 15.9 Å². The third kappa shape index (κ3) is 4.96. The van der Waals surface area contributed by atoms with E-state index in [2.05, 4.69) is 5.32 Å². The standard InChI is InChI=1S/C21H24N2O5S/c1-27-18-10-8-16(20(15-18)28-2)9-11-21(24)22-17-6-5-7-19(14-17)29(25,26)23-12-3-4-13-23/h5-11,14-15H,3-4,12-13H2,1-2H3,(H,22,24). The van der Waals surface area contributed by atoms with Gasteiger partial charge < -0.3 is 14.8 Å². The Kier molecular flexibility index (Phi) is 6.56. The average Bonchev–Trinajstić information content (AvgIpc) is 3.28. The highest BCUT2D eigenvalue weighted by Crippen LogP contribution is 2.26. The molecule has 1 heterocycles. The van der Waals surface area contributed by atoms with Crippen molar-refractivity contribution < 1.29 is 22.7 Å². The van der Waals surface area contributed by atoms with Crippen LogP contribution in [0.5, 0.6) is 11.5 Å². The smallest absolute Gasteiger partial charge is 0.248 e. The van der Waals surface area contributed by atoms with Crippen molar-refractivity contribution in [3.8, 4) is 11.5 Å². The quantitative estimate of drug-likeness (QED) is 0.701. The molecule has 1 saturated heterocycles. The van der Waals surface area contributed by atoms with Crippen LogP contribution in [0.3, 0.4) is 0 Å². The number of nitrogens with zero attached hydrogens (tertiary/aromatic N) is 1. The Bertz CT molecular complexity index is 1010. The van der Waals surface area contributed by atoms with Crippen molar-refractivity contribution in [3.05, 3.63) is 54.1 Å². The average molecular weight is 416 g/mol. The number of amides is 1. The number of hydrogen-bond donors (Lipinski definition) is 1. The highest BCUT2D eigenvalue weighted by atomic mass is 32.2. The van der Waals surface area contributed by atoms with E-state index < -0.39 is 10.0 Å². The summed E-state index contributed by atoms with van der Waals surface area (Å²) in [5, 5.41) is 2.70. The molecule has 29 heavy (non-hydrogen) atoms. The van der Waals surface area contributed by atoms with E-state index in [4.69, 9.17) is 9.47 Å². The van der Waals surface area contributed by atoms with Crippen molar-refractivity contribution in [2.24, 2.45) is 0 Å². The van der Waals surface area contributed by atoms with Gasteiger partial charge in [-0.25, -0.2) is 8.42 Å². The van der Waals surface area contributed by atoms with Gasteiger partial charge in [0.05, 0.1) is 19.1 Å². The molecule has 1 fully saturated rings. The Morgan fingerprint density at radius 1 is 1.07 bits per heavy atom. The summed E-state index contributed by atoms with van der Waals surface area (Å²) in [6.45, 7) is 1.07. The van der Waals surface area contributed by atoms with Gasteiger partial charge in [0.25, 0.3) is 0 Å². The summed E-state index contributed by atoms with van der Waals surface area (Å²) >= 11 is 0. The first kappa shape index (κ1) is 20.9. The second kappa shape index (κ2) is 9.11. The van der Waals surface area contributed by atoms with E-state index in [0.29, 0.717) is 35.8 Å². The van der Waals surface area contributed by atoms with Crippen molar-refractivity contribution in [1.82, 2.24) is 4.31 Å². The van der Waals surface area contributed by atoms with Crippen molar-refractivity contribution in [3.63, 3.8) is 0 Å². The van der Waals surface area contributed by atoms with E-state index in [1.165, 1.54) is 16.4 Å². The maximum Gasteiger partial charge on any atom is 0.248 e. The number of benzene rings is 2. The fourth-order valence-corrected chi connectivity index (χ4v) is 4.68. The molecule has 154 valence electrons. The van der Waals surface area contributed by atoms with Crippen LogP contribution in [-0.4, -0.2) is 45.9 Å². The lowest BCUT2D eigenvalue weighted by Gasteiger charge is -2.16. The van der Waals surface area contributed by atoms with E-state index in [0.717, 1.165) is 12.8 Å². The Labute approximate surface area is 171 Å². The minimum atomic E-state index is -3.53. The molecule has 2 aromatic rings. The van der Waals surface area contributed by atoms with Gasteiger partial charge in [-0.2, -0.15) is 4.31 Å². The molecule has 0 aliphatic carbocycles. The second-order valence-electron chi connectivity index (χ2n) is 6.57. The van der Waals surface area contributed by atoms with Crippen molar-refractivity contribution >= 4 is 27.7 Å². The largest absolute Gasteiger partial charge is 0.497 e. The Morgan fingerprint density at radius 2 is 1.83 bits per heavy atom. The zero-order chi connectivity index (χ0) is 20.9. The van der Waals surface area contributed by atoms with Crippen molar-refractivity contribution in [2.45, 2.75) is 17.7 Å². The number of carbonyl (C=O) groups excluding carboxylic acids is 1. The number of hydrogen-bond acceptors (Lipinski definition) is 5. The van der Waals surface area contributed by atoms with Crippen LogP contribution >= 0.6 is 0 Å². The summed E-state index contributed by atoms with van der Waals surface area (Å²) in [5.41, 5.74) is 1.13. The number of rotatable bonds is 7. The first-order valence-corrected chi connectivity index (χ1v) is 10.7. The SMILES string of the molecule is COc1ccc(C=CC(=O)Nc2cccc(S(=O)(=O)N3CCCC3)c2)c(OC)c1. The van der Waals surface area contributed by atoms with Crippen LogP contribution in [0.1, 0.15) is 18.4 Å². The fraction of sp³-hybridized carbons (Fsp3) is 0.286. The van der Waals surface area contributed by atoms with Gasteiger partial charge in [-0.15, -0.1) is 0 Å². The predicted octanol–water partition coefficient (Wildman–Crippen LogP) is 3.14. The van der Waals surface area contributed by atoms with Crippen LogP contribution in [0.4, 0.5) is 5.69 Å². The summed E-state index contributed by atoms with van der Waals surface area (Å²) in [5.74, 6) is 0.852. The third-order valence-corrected chi connectivity index (χ3v) is 6.55. The zero-order valence-electron chi connectivity index (χ0n) is 16.4. The number of anilines is 1. The molecule has 0 atom stereocenters. The maximum absolute atomic E-state index is 12.7. The summed E-state index contributed by atoms with van der Waals surface area (Å²) in [6.07, 6.45) is 4.73. The summed E-state index contributed by atoms with van der Waals surface area (Å²) < 4.78 is 37.3. The molecule has 1 aliphatic rings. The molecule has 2 aromatic carbocycles. The highest BCUT2D eigenvalue weighted by molar-refractivity contribution is 7.89. The van der Waals surface area contributed by atoms with Crippen LogP contribution in [0, 0.1) is 0 Å². The molecule has 8 heteroatoms. The molecule has 0 unspecified atom stereocenters. The molecule has 1 amide bonds. The van der Waals surface area contributed by atoms with Crippen LogP contribution in [0.15, 0.2) is 53.4 Å². The lowest BCUT2D eigenvalue weighted by Crippen LogP contribution is -2.27. The minimum absolute atomic E-state index is 0.179. The Hall–Kier alpha value is -2.84. The molecule has 1 aliphatic heterocycles. The molecular weight excluding hydrogens is 392 g/mol. The monoisotopic (exact) mass is 416 g/mol. The van der Waals surface area contributed by atoms with Gasteiger partial charge in [0.15, 0.2) is 0 Å². The molecule has 0 saturated carbocycles. The van der Waals surface area contributed by atoms with Crippen molar-refractivity contribution in [1.29, 1.82) is 0 Å². The molecule has 1 N–H and O–H groups in total. The third-order valence-electron chi connectivity index (χ3n) is 4.66. The maximum atomic E-state index is 12.7. The van der Waals surface area contributed by atoms with E-state index in [1.807, 2.05) is 0 Å². The number of methoxy groups -OCH3 is 2. The molecule has 0 spiro atoms. The van der Waals surface area contributed by atoms with E-state index in [9.17, 15) is 13.2 Å². The number of nitrogens with one attached hydrogen (secondary N) is 1. The topological polar surface area (TPSA) is 84.9 Å².